The molecule has 1 heterocycles. The van der Waals surface area contributed by atoms with E-state index in [1.54, 1.807) is 0 Å². The summed E-state index contributed by atoms with van der Waals surface area (Å²) in [6.07, 6.45) is 8.75. The first-order valence-corrected chi connectivity index (χ1v) is 6.77. The molecule has 2 atom stereocenters. The minimum Gasteiger partial charge on any atom is -0.348 e. The van der Waals surface area contributed by atoms with Crippen molar-refractivity contribution in [1.29, 1.82) is 0 Å². The van der Waals surface area contributed by atoms with Gasteiger partial charge < -0.3 is 15.2 Å². The Morgan fingerprint density at radius 3 is 2.62 bits per heavy atom. The van der Waals surface area contributed by atoms with Crippen molar-refractivity contribution in [3.8, 4) is 0 Å². The maximum absolute atomic E-state index is 6.09. The van der Waals surface area contributed by atoms with Crippen LogP contribution in [0.2, 0.25) is 0 Å². The monoisotopic (exact) mass is 225 g/mol. The molecular weight excluding hydrogens is 202 g/mol. The van der Waals surface area contributed by atoms with Crippen molar-refractivity contribution in [2.45, 2.75) is 50.7 Å². The van der Waals surface area contributed by atoms with Gasteiger partial charge in [-0.1, -0.05) is 12.8 Å². The fourth-order valence-electron chi connectivity index (χ4n) is 4.16. The van der Waals surface area contributed by atoms with Crippen LogP contribution in [-0.2, 0) is 9.47 Å². The Labute approximate surface area is 97.7 Å². The van der Waals surface area contributed by atoms with Gasteiger partial charge in [-0.05, 0) is 37.1 Å². The van der Waals surface area contributed by atoms with Gasteiger partial charge in [0.05, 0.1) is 13.2 Å². The molecule has 3 aliphatic rings. The molecule has 2 aliphatic carbocycles. The van der Waals surface area contributed by atoms with Gasteiger partial charge in [-0.25, -0.2) is 0 Å². The highest BCUT2D eigenvalue weighted by Gasteiger charge is 2.52. The lowest BCUT2D eigenvalue weighted by Crippen LogP contribution is -2.51. The van der Waals surface area contributed by atoms with Crippen LogP contribution >= 0.6 is 0 Å². The minimum absolute atomic E-state index is 0.257. The Balaban J connectivity index is 1.82. The van der Waals surface area contributed by atoms with Gasteiger partial charge in [0.2, 0.25) is 0 Å². The molecule has 3 rings (SSSR count). The van der Waals surface area contributed by atoms with E-state index in [-0.39, 0.29) is 5.79 Å². The van der Waals surface area contributed by atoms with E-state index in [4.69, 9.17) is 15.2 Å². The molecule has 0 amide bonds. The molecule has 0 bridgehead atoms. The second-order valence-electron chi connectivity index (χ2n) is 5.83. The molecule has 0 aromatic carbocycles. The highest BCUT2D eigenvalue weighted by molar-refractivity contribution is 4.99. The van der Waals surface area contributed by atoms with Crippen molar-refractivity contribution in [3.63, 3.8) is 0 Å². The van der Waals surface area contributed by atoms with Gasteiger partial charge >= 0.3 is 0 Å². The van der Waals surface area contributed by atoms with Gasteiger partial charge in [0.25, 0.3) is 0 Å². The Morgan fingerprint density at radius 2 is 1.88 bits per heavy atom. The molecule has 1 spiro atoms. The van der Waals surface area contributed by atoms with Crippen molar-refractivity contribution in [2.24, 2.45) is 17.1 Å². The highest BCUT2D eigenvalue weighted by atomic mass is 16.7. The number of ether oxygens (including phenoxy) is 2. The third kappa shape index (κ3) is 1.60. The molecule has 2 unspecified atom stereocenters. The van der Waals surface area contributed by atoms with Crippen LogP contribution in [0, 0.1) is 11.3 Å². The number of fused-ring (bicyclic) bond motifs is 1. The highest BCUT2D eigenvalue weighted by Crippen LogP contribution is 2.54. The smallest absolute Gasteiger partial charge is 0.169 e. The summed E-state index contributed by atoms with van der Waals surface area (Å²) in [5, 5.41) is 0. The molecule has 92 valence electrons. The number of hydrogen-bond donors (Lipinski definition) is 1. The molecule has 1 aliphatic heterocycles. The topological polar surface area (TPSA) is 44.5 Å². The minimum atomic E-state index is -0.257. The molecule has 3 heteroatoms. The summed E-state index contributed by atoms with van der Waals surface area (Å²) >= 11 is 0. The normalized spacial score (nSPS) is 42.2. The van der Waals surface area contributed by atoms with Crippen molar-refractivity contribution < 1.29 is 9.47 Å². The Morgan fingerprint density at radius 1 is 1.06 bits per heavy atom. The lowest BCUT2D eigenvalue weighted by atomic mass is 9.58. The summed E-state index contributed by atoms with van der Waals surface area (Å²) < 4.78 is 11.8. The van der Waals surface area contributed by atoms with Crippen LogP contribution in [-0.4, -0.2) is 25.5 Å². The average Bonchev–Trinajstić information content (AvgIpc) is 2.77. The molecule has 16 heavy (non-hydrogen) atoms. The first-order chi connectivity index (χ1) is 7.79. The van der Waals surface area contributed by atoms with Crippen LogP contribution in [0.5, 0.6) is 0 Å². The van der Waals surface area contributed by atoms with Gasteiger partial charge in [-0.2, -0.15) is 0 Å². The van der Waals surface area contributed by atoms with Crippen molar-refractivity contribution in [1.82, 2.24) is 0 Å². The predicted molar refractivity (Wildman–Crippen MR) is 61.9 cm³/mol. The molecule has 3 nitrogen and oxygen atoms in total. The van der Waals surface area contributed by atoms with Crippen molar-refractivity contribution in [3.05, 3.63) is 0 Å². The maximum Gasteiger partial charge on any atom is 0.169 e. The summed E-state index contributed by atoms with van der Waals surface area (Å²) in [7, 11) is 0. The Kier molecular flexibility index (Phi) is 2.73. The van der Waals surface area contributed by atoms with Crippen LogP contribution in [0.1, 0.15) is 44.9 Å². The summed E-state index contributed by atoms with van der Waals surface area (Å²) in [6.45, 7) is 2.35. The third-order valence-corrected chi connectivity index (χ3v) is 5.06. The van der Waals surface area contributed by atoms with E-state index in [2.05, 4.69) is 0 Å². The second kappa shape index (κ2) is 3.97. The van der Waals surface area contributed by atoms with E-state index >= 15 is 0 Å². The van der Waals surface area contributed by atoms with Gasteiger partial charge in [-0.15, -0.1) is 0 Å². The fraction of sp³-hybridized carbons (Fsp3) is 1.00. The standard InChI is InChI=1S/C13H23NO2/c14-10-12-5-2-1-3-11(12)4-6-13(9-12)15-7-8-16-13/h11H,1-10,14H2. The predicted octanol–water partition coefficient (Wildman–Crippen LogP) is 2.05. The lowest BCUT2D eigenvalue weighted by Gasteiger charge is -2.52. The van der Waals surface area contributed by atoms with E-state index in [1.807, 2.05) is 0 Å². The van der Waals surface area contributed by atoms with E-state index in [9.17, 15) is 0 Å². The van der Waals surface area contributed by atoms with Gasteiger partial charge in [0.15, 0.2) is 5.79 Å². The largest absolute Gasteiger partial charge is 0.348 e. The summed E-state index contributed by atoms with van der Waals surface area (Å²) in [5.41, 5.74) is 6.41. The maximum atomic E-state index is 6.09. The van der Waals surface area contributed by atoms with E-state index in [0.29, 0.717) is 5.41 Å². The zero-order chi connectivity index (χ0) is 11.1. The van der Waals surface area contributed by atoms with Gasteiger partial charge in [0.1, 0.15) is 0 Å². The van der Waals surface area contributed by atoms with Crippen LogP contribution in [0.25, 0.3) is 0 Å². The van der Waals surface area contributed by atoms with Crippen LogP contribution < -0.4 is 5.73 Å². The molecular formula is C13H23NO2. The Hall–Kier alpha value is -0.120. The lowest BCUT2D eigenvalue weighted by molar-refractivity contribution is -0.217. The van der Waals surface area contributed by atoms with Crippen molar-refractivity contribution in [2.75, 3.05) is 19.8 Å². The Bertz CT molecular complexity index is 263. The molecule has 0 aromatic heterocycles. The second-order valence-corrected chi connectivity index (χ2v) is 5.83. The first-order valence-electron chi connectivity index (χ1n) is 6.77. The fourth-order valence-corrected chi connectivity index (χ4v) is 4.16. The SMILES string of the molecule is NCC12CCCCC1CCC1(C2)OCCO1. The summed E-state index contributed by atoms with van der Waals surface area (Å²) in [6, 6.07) is 0. The number of rotatable bonds is 1. The number of hydrogen-bond acceptors (Lipinski definition) is 3. The van der Waals surface area contributed by atoms with Crippen LogP contribution in [0.4, 0.5) is 0 Å². The number of nitrogens with two attached hydrogens (primary N) is 1. The zero-order valence-corrected chi connectivity index (χ0v) is 10.0. The van der Waals surface area contributed by atoms with Gasteiger partial charge in [0, 0.05) is 12.8 Å². The van der Waals surface area contributed by atoms with E-state index in [1.165, 1.54) is 32.1 Å². The molecule has 2 saturated carbocycles. The molecule has 3 fully saturated rings. The molecule has 0 radical (unpaired) electrons. The first kappa shape index (κ1) is 11.0. The summed E-state index contributed by atoms with van der Waals surface area (Å²) in [4.78, 5) is 0. The molecule has 1 saturated heterocycles. The average molecular weight is 225 g/mol. The van der Waals surface area contributed by atoms with E-state index in [0.717, 1.165) is 38.5 Å². The van der Waals surface area contributed by atoms with E-state index < -0.39 is 0 Å². The van der Waals surface area contributed by atoms with Crippen LogP contribution in [0.3, 0.4) is 0 Å². The van der Waals surface area contributed by atoms with Crippen molar-refractivity contribution >= 4 is 0 Å². The zero-order valence-electron chi connectivity index (χ0n) is 10.0. The summed E-state index contributed by atoms with van der Waals surface area (Å²) in [5.74, 6) is 0.567. The van der Waals surface area contributed by atoms with Crippen LogP contribution in [0.15, 0.2) is 0 Å². The quantitative estimate of drug-likeness (QED) is 0.743. The molecule has 2 N–H and O–H groups in total. The van der Waals surface area contributed by atoms with Gasteiger partial charge in [-0.3, -0.25) is 0 Å². The third-order valence-electron chi connectivity index (χ3n) is 5.06. The molecule has 0 aromatic rings.